The highest BCUT2D eigenvalue weighted by Crippen LogP contribution is 2.29. The average molecular weight is 472 g/mol. The van der Waals surface area contributed by atoms with Crippen molar-refractivity contribution in [1.29, 1.82) is 0 Å². The number of ether oxygens (including phenoxy) is 1. The van der Waals surface area contributed by atoms with Crippen molar-refractivity contribution in [3.8, 4) is 5.75 Å². The number of hydrogen-bond acceptors (Lipinski definition) is 5. The normalized spacial score (nSPS) is 19.5. The first kappa shape index (κ1) is 23.3. The predicted molar refractivity (Wildman–Crippen MR) is 126 cm³/mol. The van der Waals surface area contributed by atoms with Gasteiger partial charge in [0.2, 0.25) is 21.8 Å². The van der Waals surface area contributed by atoms with E-state index < -0.39 is 15.9 Å². The number of nitrogens with one attached hydrogen (secondary N) is 2. The van der Waals surface area contributed by atoms with Crippen molar-refractivity contribution >= 4 is 33.2 Å². The first-order valence-corrected chi connectivity index (χ1v) is 12.7. The Kier molecular flexibility index (Phi) is 6.99. The highest BCUT2D eigenvalue weighted by atomic mass is 32.2. The van der Waals surface area contributed by atoms with E-state index in [-0.39, 0.29) is 35.7 Å². The highest BCUT2D eigenvalue weighted by molar-refractivity contribution is 7.89. The Morgan fingerprint density at radius 3 is 2.48 bits per heavy atom. The summed E-state index contributed by atoms with van der Waals surface area (Å²) in [7, 11) is -2.04. The van der Waals surface area contributed by atoms with E-state index >= 15 is 0 Å². The number of benzene rings is 2. The number of carbonyl (C=O) groups is 2. The zero-order valence-electron chi connectivity index (χ0n) is 18.6. The number of sulfonamides is 1. The monoisotopic (exact) mass is 471 g/mol. The number of methoxy groups -OCH3 is 1. The van der Waals surface area contributed by atoms with Crippen LogP contribution in [0.1, 0.15) is 38.5 Å². The molecule has 2 aromatic carbocycles. The molecule has 0 aromatic heterocycles. The van der Waals surface area contributed by atoms with Crippen LogP contribution in [0.4, 0.5) is 11.4 Å². The molecule has 33 heavy (non-hydrogen) atoms. The largest absolute Gasteiger partial charge is 0.497 e. The van der Waals surface area contributed by atoms with Crippen LogP contribution in [0.25, 0.3) is 0 Å². The molecule has 4 rings (SSSR count). The fourth-order valence-electron chi connectivity index (χ4n) is 4.38. The molecule has 0 bridgehead atoms. The molecular weight excluding hydrogens is 442 g/mol. The van der Waals surface area contributed by atoms with Gasteiger partial charge in [0.1, 0.15) is 5.75 Å². The Hall–Kier alpha value is -2.91. The summed E-state index contributed by atoms with van der Waals surface area (Å²) >= 11 is 0. The Bertz CT molecular complexity index is 1110. The smallest absolute Gasteiger partial charge is 0.240 e. The average Bonchev–Trinajstić information content (AvgIpc) is 3.21. The molecule has 1 heterocycles. The summed E-state index contributed by atoms with van der Waals surface area (Å²) in [4.78, 5) is 27.0. The van der Waals surface area contributed by atoms with Gasteiger partial charge in [-0.2, -0.15) is 0 Å². The van der Waals surface area contributed by atoms with Crippen LogP contribution in [-0.2, 0) is 19.6 Å². The highest BCUT2D eigenvalue weighted by Gasteiger charge is 2.35. The number of hydrogen-bond donors (Lipinski definition) is 2. The summed E-state index contributed by atoms with van der Waals surface area (Å²) in [6, 6.07) is 13.3. The third-order valence-electron chi connectivity index (χ3n) is 6.22. The van der Waals surface area contributed by atoms with Crippen molar-refractivity contribution in [2.24, 2.45) is 5.92 Å². The summed E-state index contributed by atoms with van der Waals surface area (Å²) < 4.78 is 33.3. The molecule has 2 aliphatic rings. The Morgan fingerprint density at radius 2 is 1.79 bits per heavy atom. The SMILES string of the molecule is COc1cccc(N2C[C@@H](C(=O)Nc3ccc(S(=O)(=O)NC4CCCCC4)cc3)CC2=O)c1. The van der Waals surface area contributed by atoms with Crippen molar-refractivity contribution in [3.63, 3.8) is 0 Å². The summed E-state index contributed by atoms with van der Waals surface area (Å²) in [6.07, 6.45) is 5.06. The van der Waals surface area contributed by atoms with Gasteiger partial charge in [0.05, 0.1) is 17.9 Å². The minimum absolute atomic E-state index is 0.0180. The molecule has 1 saturated carbocycles. The van der Waals surface area contributed by atoms with Crippen LogP contribution >= 0.6 is 0 Å². The van der Waals surface area contributed by atoms with Crippen LogP contribution in [0.15, 0.2) is 53.4 Å². The topological polar surface area (TPSA) is 105 Å². The summed E-state index contributed by atoms with van der Waals surface area (Å²) in [5, 5.41) is 2.80. The molecule has 2 amide bonds. The third-order valence-corrected chi connectivity index (χ3v) is 7.76. The molecule has 2 fully saturated rings. The van der Waals surface area contributed by atoms with Gasteiger partial charge in [-0.25, -0.2) is 13.1 Å². The van der Waals surface area contributed by atoms with Gasteiger partial charge in [-0.3, -0.25) is 9.59 Å². The van der Waals surface area contributed by atoms with Gasteiger partial charge in [-0.05, 0) is 49.2 Å². The standard InChI is InChI=1S/C24H29N3O5S/c1-32-21-9-5-8-20(15-21)27-16-17(14-23(27)28)24(29)25-18-10-12-22(13-11-18)33(30,31)26-19-6-3-2-4-7-19/h5,8-13,15,17,19,26H,2-4,6-7,14,16H2,1H3,(H,25,29)/t17-/m0/s1. The summed E-state index contributed by atoms with van der Waals surface area (Å²) in [6.45, 7) is 0.273. The van der Waals surface area contributed by atoms with Crippen LogP contribution in [0.5, 0.6) is 5.75 Å². The molecule has 2 aromatic rings. The molecular formula is C24H29N3O5S. The van der Waals surface area contributed by atoms with Crippen molar-refractivity contribution in [1.82, 2.24) is 4.72 Å². The van der Waals surface area contributed by atoms with E-state index in [1.54, 1.807) is 48.4 Å². The van der Waals surface area contributed by atoms with E-state index in [1.807, 2.05) is 0 Å². The van der Waals surface area contributed by atoms with E-state index in [1.165, 1.54) is 12.1 Å². The van der Waals surface area contributed by atoms with Crippen LogP contribution in [0.3, 0.4) is 0 Å². The number of amides is 2. The molecule has 8 nitrogen and oxygen atoms in total. The van der Waals surface area contributed by atoms with E-state index in [0.717, 1.165) is 32.1 Å². The predicted octanol–water partition coefficient (Wildman–Crippen LogP) is 3.30. The minimum atomic E-state index is -3.60. The van der Waals surface area contributed by atoms with Gasteiger partial charge in [-0.1, -0.05) is 25.3 Å². The molecule has 176 valence electrons. The number of nitrogens with zero attached hydrogens (tertiary/aromatic N) is 1. The molecule has 1 saturated heterocycles. The lowest BCUT2D eigenvalue weighted by atomic mass is 9.96. The van der Waals surface area contributed by atoms with Crippen molar-refractivity contribution in [3.05, 3.63) is 48.5 Å². The summed E-state index contributed by atoms with van der Waals surface area (Å²) in [5.41, 5.74) is 1.18. The first-order valence-electron chi connectivity index (χ1n) is 11.2. The van der Waals surface area contributed by atoms with Crippen molar-refractivity contribution in [2.45, 2.75) is 49.5 Å². The Balaban J connectivity index is 1.37. The fourth-order valence-corrected chi connectivity index (χ4v) is 5.69. The Labute approximate surface area is 194 Å². The van der Waals surface area contributed by atoms with Gasteiger partial charge in [0, 0.05) is 36.4 Å². The second-order valence-corrected chi connectivity index (χ2v) is 10.3. The van der Waals surface area contributed by atoms with Gasteiger partial charge < -0.3 is 15.0 Å². The van der Waals surface area contributed by atoms with Crippen LogP contribution in [-0.4, -0.2) is 39.9 Å². The van der Waals surface area contributed by atoms with Gasteiger partial charge in [0.15, 0.2) is 0 Å². The molecule has 1 atom stereocenters. The van der Waals surface area contributed by atoms with Crippen molar-refractivity contribution < 1.29 is 22.7 Å². The number of rotatable bonds is 7. The zero-order valence-corrected chi connectivity index (χ0v) is 19.4. The van der Waals surface area contributed by atoms with Crippen LogP contribution in [0, 0.1) is 5.92 Å². The van der Waals surface area contributed by atoms with E-state index in [9.17, 15) is 18.0 Å². The molecule has 0 unspecified atom stereocenters. The zero-order chi connectivity index (χ0) is 23.4. The van der Waals surface area contributed by atoms with Crippen LogP contribution in [0.2, 0.25) is 0 Å². The third kappa shape index (κ3) is 5.54. The maximum absolute atomic E-state index is 12.8. The molecule has 1 aliphatic carbocycles. The lowest BCUT2D eigenvalue weighted by molar-refractivity contribution is -0.122. The molecule has 1 aliphatic heterocycles. The summed E-state index contributed by atoms with van der Waals surface area (Å²) in [5.74, 6) is -0.260. The molecule has 0 radical (unpaired) electrons. The first-order chi connectivity index (χ1) is 15.9. The maximum atomic E-state index is 12.8. The molecule has 2 N–H and O–H groups in total. The fraction of sp³-hybridized carbons (Fsp3) is 0.417. The van der Waals surface area contributed by atoms with E-state index in [0.29, 0.717) is 17.1 Å². The minimum Gasteiger partial charge on any atom is -0.497 e. The van der Waals surface area contributed by atoms with Gasteiger partial charge in [0.25, 0.3) is 0 Å². The molecule has 0 spiro atoms. The van der Waals surface area contributed by atoms with E-state index in [2.05, 4.69) is 10.0 Å². The van der Waals surface area contributed by atoms with Gasteiger partial charge >= 0.3 is 0 Å². The van der Waals surface area contributed by atoms with Gasteiger partial charge in [-0.15, -0.1) is 0 Å². The maximum Gasteiger partial charge on any atom is 0.240 e. The van der Waals surface area contributed by atoms with E-state index in [4.69, 9.17) is 4.74 Å². The number of carbonyl (C=O) groups excluding carboxylic acids is 2. The molecule has 9 heteroatoms. The number of anilines is 2. The second kappa shape index (κ2) is 9.93. The van der Waals surface area contributed by atoms with Crippen molar-refractivity contribution in [2.75, 3.05) is 23.9 Å². The lowest BCUT2D eigenvalue weighted by Crippen LogP contribution is -2.36. The second-order valence-electron chi connectivity index (χ2n) is 8.58. The van der Waals surface area contributed by atoms with Crippen LogP contribution < -0.4 is 19.7 Å². The quantitative estimate of drug-likeness (QED) is 0.645. The Morgan fingerprint density at radius 1 is 1.06 bits per heavy atom. The lowest BCUT2D eigenvalue weighted by Gasteiger charge is -2.22.